The molecule has 1 saturated carbocycles. The highest BCUT2D eigenvalue weighted by Crippen LogP contribution is 2.47. The molecule has 1 heterocycles. The molecule has 1 aliphatic carbocycles. The molecule has 0 aliphatic heterocycles. The van der Waals surface area contributed by atoms with Crippen molar-refractivity contribution in [2.24, 2.45) is 0 Å². The summed E-state index contributed by atoms with van der Waals surface area (Å²) in [7, 11) is 1.56. The molecule has 74 valence electrons. The minimum absolute atomic E-state index is 0.630. The van der Waals surface area contributed by atoms with Gasteiger partial charge < -0.3 is 9.84 Å². The van der Waals surface area contributed by atoms with E-state index in [-0.39, 0.29) is 0 Å². The largest absolute Gasteiger partial charge is 0.495 e. The van der Waals surface area contributed by atoms with Crippen molar-refractivity contribution in [3.8, 4) is 5.75 Å². The lowest BCUT2D eigenvalue weighted by atomic mass is 10.0. The molecule has 1 aromatic heterocycles. The van der Waals surface area contributed by atoms with E-state index in [9.17, 15) is 4.79 Å². The van der Waals surface area contributed by atoms with Crippen molar-refractivity contribution in [1.82, 2.24) is 4.98 Å². The summed E-state index contributed by atoms with van der Waals surface area (Å²) >= 11 is 0. The van der Waals surface area contributed by atoms with Crippen LogP contribution in [0.3, 0.4) is 0 Å². The highest BCUT2D eigenvalue weighted by molar-refractivity contribution is 5.84. The Morgan fingerprint density at radius 1 is 1.57 bits per heavy atom. The van der Waals surface area contributed by atoms with Crippen LogP contribution in [-0.2, 0) is 10.2 Å². The summed E-state index contributed by atoms with van der Waals surface area (Å²) in [6.45, 7) is 0. The van der Waals surface area contributed by atoms with Gasteiger partial charge >= 0.3 is 5.97 Å². The van der Waals surface area contributed by atoms with Crippen molar-refractivity contribution < 1.29 is 14.6 Å². The third kappa shape index (κ3) is 1.23. The summed E-state index contributed by atoms with van der Waals surface area (Å²) < 4.78 is 4.95. The molecule has 2 rings (SSSR count). The normalized spacial score (nSPS) is 17.5. The number of pyridine rings is 1. The molecule has 1 N–H and O–H groups in total. The van der Waals surface area contributed by atoms with Gasteiger partial charge in [0.25, 0.3) is 0 Å². The molecule has 0 spiro atoms. The summed E-state index contributed by atoms with van der Waals surface area (Å²) in [6.07, 6.45) is 2.92. The summed E-state index contributed by atoms with van der Waals surface area (Å²) in [6, 6.07) is 3.46. The molecule has 0 atom stereocenters. The Hall–Kier alpha value is -1.58. The Labute approximate surface area is 81.5 Å². The van der Waals surface area contributed by atoms with Crippen LogP contribution in [0.15, 0.2) is 18.3 Å². The van der Waals surface area contributed by atoms with Gasteiger partial charge in [0, 0.05) is 0 Å². The number of rotatable bonds is 3. The summed E-state index contributed by atoms with van der Waals surface area (Å²) in [5, 5.41) is 9.01. The van der Waals surface area contributed by atoms with Crippen molar-refractivity contribution >= 4 is 5.97 Å². The van der Waals surface area contributed by atoms with Gasteiger partial charge in [-0.3, -0.25) is 9.78 Å². The molecule has 4 nitrogen and oxygen atoms in total. The number of hydrogen-bond donors (Lipinski definition) is 1. The van der Waals surface area contributed by atoms with Gasteiger partial charge in [-0.05, 0) is 25.0 Å². The smallest absolute Gasteiger partial charge is 0.315 e. The van der Waals surface area contributed by atoms with Crippen molar-refractivity contribution in [3.05, 3.63) is 24.0 Å². The van der Waals surface area contributed by atoms with Gasteiger partial charge in [0.05, 0.1) is 19.0 Å². The third-order valence-corrected chi connectivity index (χ3v) is 2.62. The molecule has 14 heavy (non-hydrogen) atoms. The van der Waals surface area contributed by atoms with Crippen LogP contribution in [0.4, 0.5) is 0 Å². The minimum atomic E-state index is -0.782. The number of ether oxygens (including phenoxy) is 1. The van der Waals surface area contributed by atoms with Gasteiger partial charge in [0.15, 0.2) is 0 Å². The zero-order chi connectivity index (χ0) is 10.2. The van der Waals surface area contributed by atoms with Crippen LogP contribution < -0.4 is 4.74 Å². The minimum Gasteiger partial charge on any atom is -0.495 e. The maximum Gasteiger partial charge on any atom is 0.315 e. The molecule has 0 amide bonds. The van der Waals surface area contributed by atoms with Crippen LogP contribution in [0, 0.1) is 0 Å². The number of hydrogen-bond acceptors (Lipinski definition) is 3. The summed E-state index contributed by atoms with van der Waals surface area (Å²) in [5.74, 6) is -0.134. The second-order valence-electron chi connectivity index (χ2n) is 3.47. The summed E-state index contributed by atoms with van der Waals surface area (Å²) in [4.78, 5) is 15.1. The van der Waals surface area contributed by atoms with E-state index < -0.39 is 11.4 Å². The zero-order valence-electron chi connectivity index (χ0n) is 7.86. The molecule has 0 aromatic carbocycles. The first-order chi connectivity index (χ1) is 6.69. The van der Waals surface area contributed by atoms with E-state index >= 15 is 0 Å². The third-order valence-electron chi connectivity index (χ3n) is 2.62. The number of aliphatic carboxylic acids is 1. The van der Waals surface area contributed by atoms with Gasteiger partial charge in [-0.1, -0.05) is 0 Å². The lowest BCUT2D eigenvalue weighted by Gasteiger charge is -2.08. The number of carboxylic acid groups (broad SMARTS) is 1. The number of methoxy groups -OCH3 is 1. The maximum absolute atomic E-state index is 11.0. The first-order valence-electron chi connectivity index (χ1n) is 4.43. The summed E-state index contributed by atoms with van der Waals surface area (Å²) in [5.41, 5.74) is -0.0856. The molecule has 0 bridgehead atoms. The second kappa shape index (κ2) is 2.97. The Morgan fingerprint density at radius 2 is 2.29 bits per heavy atom. The molecule has 1 aliphatic rings. The Balaban J connectivity index is 2.29. The molecule has 0 unspecified atom stereocenters. The lowest BCUT2D eigenvalue weighted by molar-refractivity contribution is -0.140. The number of carbonyl (C=O) groups is 1. The second-order valence-corrected chi connectivity index (χ2v) is 3.47. The van der Waals surface area contributed by atoms with Crippen LogP contribution in [0.2, 0.25) is 0 Å². The molecular weight excluding hydrogens is 182 g/mol. The predicted molar refractivity (Wildman–Crippen MR) is 49.3 cm³/mol. The highest BCUT2D eigenvalue weighted by atomic mass is 16.5. The van der Waals surface area contributed by atoms with E-state index in [1.54, 1.807) is 25.4 Å². The van der Waals surface area contributed by atoms with Gasteiger partial charge in [0.1, 0.15) is 11.2 Å². The van der Waals surface area contributed by atoms with E-state index in [0.29, 0.717) is 24.3 Å². The molecule has 1 fully saturated rings. The van der Waals surface area contributed by atoms with E-state index in [0.717, 1.165) is 0 Å². The van der Waals surface area contributed by atoms with Crippen molar-refractivity contribution in [2.45, 2.75) is 18.3 Å². The van der Waals surface area contributed by atoms with Crippen molar-refractivity contribution in [1.29, 1.82) is 0 Å². The fraction of sp³-hybridized carbons (Fsp3) is 0.400. The van der Waals surface area contributed by atoms with E-state index in [1.165, 1.54) is 0 Å². The lowest BCUT2D eigenvalue weighted by Crippen LogP contribution is -2.20. The van der Waals surface area contributed by atoms with Gasteiger partial charge in [-0.25, -0.2) is 0 Å². The molecule has 0 radical (unpaired) electrons. The fourth-order valence-electron chi connectivity index (χ4n) is 1.49. The fourth-order valence-corrected chi connectivity index (χ4v) is 1.49. The molecule has 0 saturated heterocycles. The van der Waals surface area contributed by atoms with Crippen LogP contribution in [-0.4, -0.2) is 23.2 Å². The van der Waals surface area contributed by atoms with Crippen LogP contribution >= 0.6 is 0 Å². The van der Waals surface area contributed by atoms with Crippen LogP contribution in [0.5, 0.6) is 5.75 Å². The van der Waals surface area contributed by atoms with Crippen LogP contribution in [0.25, 0.3) is 0 Å². The molecular formula is C10H11NO3. The predicted octanol–water partition coefficient (Wildman–Crippen LogP) is 1.21. The topological polar surface area (TPSA) is 59.4 Å². The maximum atomic E-state index is 11.0. The Kier molecular flexibility index (Phi) is 1.91. The Morgan fingerprint density at radius 3 is 2.64 bits per heavy atom. The van der Waals surface area contributed by atoms with E-state index in [1.807, 2.05) is 0 Å². The van der Waals surface area contributed by atoms with Gasteiger partial charge in [-0.15, -0.1) is 0 Å². The quantitative estimate of drug-likeness (QED) is 0.783. The van der Waals surface area contributed by atoms with E-state index in [2.05, 4.69) is 4.98 Å². The first-order valence-corrected chi connectivity index (χ1v) is 4.43. The molecule has 1 aromatic rings. The number of aromatic nitrogens is 1. The Bertz CT molecular complexity index is 354. The SMILES string of the molecule is COc1ccc(C2(C(=O)O)CC2)nc1. The standard InChI is InChI=1S/C10H11NO3/c1-14-7-2-3-8(11-6-7)10(4-5-10)9(12)13/h2-3,6H,4-5H2,1H3,(H,12,13). The van der Waals surface area contributed by atoms with Crippen molar-refractivity contribution in [3.63, 3.8) is 0 Å². The van der Waals surface area contributed by atoms with Gasteiger partial charge in [-0.2, -0.15) is 0 Å². The highest BCUT2D eigenvalue weighted by Gasteiger charge is 2.53. The first kappa shape index (κ1) is 8.99. The average Bonchev–Trinajstić information content (AvgIpc) is 2.99. The van der Waals surface area contributed by atoms with E-state index in [4.69, 9.17) is 9.84 Å². The molecule has 4 heteroatoms. The zero-order valence-corrected chi connectivity index (χ0v) is 7.86. The monoisotopic (exact) mass is 193 g/mol. The van der Waals surface area contributed by atoms with Crippen LogP contribution in [0.1, 0.15) is 18.5 Å². The number of carboxylic acids is 1. The van der Waals surface area contributed by atoms with Gasteiger partial charge in [0.2, 0.25) is 0 Å². The average molecular weight is 193 g/mol. The van der Waals surface area contributed by atoms with Crippen molar-refractivity contribution in [2.75, 3.05) is 7.11 Å². The number of nitrogens with zero attached hydrogens (tertiary/aromatic N) is 1.